The zero-order valence-corrected chi connectivity index (χ0v) is 19.3. The van der Waals surface area contributed by atoms with Crippen LogP contribution >= 0.6 is 0 Å². The number of carbonyl (C=O) groups excluding carboxylic acids is 1. The maximum atomic E-state index is 15.2. The number of aryl methyl sites for hydroxylation is 1. The second-order valence-corrected chi connectivity index (χ2v) is 8.85. The lowest BCUT2D eigenvalue weighted by atomic mass is 10.0. The largest absolute Gasteiger partial charge is 0.324 e. The first-order chi connectivity index (χ1) is 16.9. The highest BCUT2D eigenvalue weighted by atomic mass is 19.3. The van der Waals surface area contributed by atoms with E-state index >= 15 is 4.39 Å². The van der Waals surface area contributed by atoms with E-state index in [9.17, 15) is 13.6 Å². The van der Waals surface area contributed by atoms with Crippen molar-refractivity contribution >= 4 is 34.0 Å². The van der Waals surface area contributed by atoms with Crippen LogP contribution in [0, 0.1) is 5.82 Å². The number of fused-ring (bicyclic) bond motifs is 1. The zero-order valence-electron chi connectivity index (χ0n) is 19.3. The molecule has 0 unspecified atom stereocenters. The van der Waals surface area contributed by atoms with Crippen molar-refractivity contribution in [1.82, 2.24) is 14.7 Å². The van der Waals surface area contributed by atoms with Crippen molar-refractivity contribution in [2.75, 3.05) is 18.0 Å². The number of piperidine rings is 1. The van der Waals surface area contributed by atoms with E-state index < -0.39 is 12.2 Å². The molecule has 2 aliphatic rings. The number of amides is 2. The Labute approximate surface area is 200 Å². The summed E-state index contributed by atoms with van der Waals surface area (Å²) in [5, 5.41) is 12.5. The third kappa shape index (κ3) is 4.65. The number of benzene rings is 2. The van der Waals surface area contributed by atoms with Gasteiger partial charge in [0.1, 0.15) is 11.5 Å². The number of rotatable bonds is 5. The molecule has 7 nitrogen and oxygen atoms in total. The van der Waals surface area contributed by atoms with E-state index in [1.807, 2.05) is 25.2 Å². The molecule has 182 valence electrons. The molecule has 0 atom stereocenters. The monoisotopic (exact) mass is 482 g/mol. The summed E-state index contributed by atoms with van der Waals surface area (Å²) in [7, 11) is 1.83. The molecule has 35 heavy (non-hydrogen) atoms. The lowest BCUT2D eigenvalue weighted by Gasteiger charge is -2.33. The van der Waals surface area contributed by atoms with Gasteiger partial charge in [-0.25, -0.2) is 18.0 Å². The minimum Gasteiger partial charge on any atom is -0.324 e. The Hall–Kier alpha value is -3.69. The predicted octanol–water partition coefficient (Wildman–Crippen LogP) is 5.14. The van der Waals surface area contributed by atoms with Crippen LogP contribution in [0.15, 0.2) is 52.8 Å². The summed E-state index contributed by atoms with van der Waals surface area (Å²) in [6.07, 6.45) is 1.92. The van der Waals surface area contributed by atoms with Crippen LogP contribution in [0.1, 0.15) is 36.8 Å². The zero-order chi connectivity index (χ0) is 24.5. The topological polar surface area (TPSA) is 66.1 Å². The van der Waals surface area contributed by atoms with E-state index in [-0.39, 0.29) is 24.7 Å². The molecule has 3 aromatic rings. The van der Waals surface area contributed by atoms with Crippen molar-refractivity contribution in [1.29, 1.82) is 0 Å². The molecule has 3 heterocycles. The minimum atomic E-state index is -2.69. The Morgan fingerprint density at radius 1 is 1.09 bits per heavy atom. The highest BCUT2D eigenvalue weighted by molar-refractivity contribution is 6.15. The summed E-state index contributed by atoms with van der Waals surface area (Å²) in [5.41, 5.74) is 2.20. The van der Waals surface area contributed by atoms with Crippen LogP contribution in [-0.4, -0.2) is 51.6 Å². The van der Waals surface area contributed by atoms with Crippen LogP contribution in [0.2, 0.25) is 0 Å². The first-order valence-electron chi connectivity index (χ1n) is 11.6. The predicted molar refractivity (Wildman–Crippen MR) is 129 cm³/mol. The number of anilines is 1. The van der Waals surface area contributed by atoms with E-state index in [4.69, 9.17) is 0 Å². The van der Waals surface area contributed by atoms with Crippen LogP contribution in [0.25, 0.3) is 10.9 Å². The summed E-state index contributed by atoms with van der Waals surface area (Å²) in [4.78, 5) is 16.9. The number of urea groups is 1. The molecule has 0 aliphatic carbocycles. The molecule has 1 aromatic heterocycles. The Morgan fingerprint density at radius 3 is 2.60 bits per heavy atom. The van der Waals surface area contributed by atoms with Gasteiger partial charge in [0.25, 0.3) is 6.43 Å². The fourth-order valence-electron chi connectivity index (χ4n) is 4.50. The molecule has 5 rings (SSSR count). The van der Waals surface area contributed by atoms with E-state index in [2.05, 4.69) is 15.3 Å². The maximum absolute atomic E-state index is 15.2. The molecule has 2 amide bonds. The summed E-state index contributed by atoms with van der Waals surface area (Å²) in [6, 6.07) is 9.92. The Morgan fingerprint density at radius 2 is 1.89 bits per heavy atom. The smallest absolute Gasteiger partial charge is 0.324 e. The Balaban J connectivity index is 1.44. The van der Waals surface area contributed by atoms with Crippen LogP contribution < -0.4 is 4.90 Å². The van der Waals surface area contributed by atoms with Crippen molar-refractivity contribution in [3.05, 3.63) is 59.5 Å². The van der Waals surface area contributed by atoms with Crippen molar-refractivity contribution in [3.63, 3.8) is 0 Å². The van der Waals surface area contributed by atoms with Crippen LogP contribution in [-0.2, 0) is 13.6 Å². The van der Waals surface area contributed by atoms with E-state index in [0.29, 0.717) is 35.6 Å². The quantitative estimate of drug-likeness (QED) is 0.506. The second-order valence-electron chi connectivity index (χ2n) is 8.85. The summed E-state index contributed by atoms with van der Waals surface area (Å²) in [6.45, 7) is 1.35. The normalized spacial score (nSPS) is 16.1. The molecule has 1 fully saturated rings. The Bertz CT molecular complexity index is 1330. The molecule has 0 bridgehead atoms. The summed E-state index contributed by atoms with van der Waals surface area (Å²) >= 11 is 0. The van der Waals surface area contributed by atoms with Gasteiger partial charge in [-0.2, -0.15) is 15.3 Å². The average molecular weight is 483 g/mol. The van der Waals surface area contributed by atoms with Crippen LogP contribution in [0.3, 0.4) is 0 Å². The number of aromatic nitrogens is 2. The number of likely N-dealkylation sites (tertiary alicyclic amines) is 1. The molecule has 0 radical (unpaired) electrons. The lowest BCUT2D eigenvalue weighted by molar-refractivity contribution is 0.192. The molecule has 2 aliphatic heterocycles. The van der Waals surface area contributed by atoms with E-state index in [1.165, 1.54) is 6.07 Å². The molecule has 10 heteroatoms. The molecule has 0 N–H and O–H groups in total. The third-order valence-corrected chi connectivity index (χ3v) is 6.52. The molecule has 0 spiro atoms. The SMILES string of the molecule is Cn1ncc2ccc(N(Cc3ccc(C4=NN=C(C(F)F)C4)cc3F)C(=O)N3CCCCC3)cc21. The number of hydrogen-bond donors (Lipinski definition) is 0. The van der Waals surface area contributed by atoms with E-state index in [1.54, 1.807) is 32.8 Å². The molecular weight excluding hydrogens is 457 g/mol. The van der Waals surface area contributed by atoms with Crippen LogP contribution in [0.4, 0.5) is 23.7 Å². The highest BCUT2D eigenvalue weighted by Gasteiger charge is 2.26. The minimum absolute atomic E-state index is 0.0239. The van der Waals surface area contributed by atoms with Gasteiger partial charge in [-0.15, -0.1) is 0 Å². The number of hydrogen-bond acceptors (Lipinski definition) is 4. The van der Waals surface area contributed by atoms with Gasteiger partial charge in [-0.05, 0) is 43.5 Å². The van der Waals surface area contributed by atoms with Gasteiger partial charge in [0.2, 0.25) is 0 Å². The fourth-order valence-corrected chi connectivity index (χ4v) is 4.50. The number of alkyl halides is 2. The van der Waals surface area contributed by atoms with Crippen molar-refractivity contribution in [3.8, 4) is 0 Å². The molecule has 2 aromatic carbocycles. The van der Waals surface area contributed by atoms with Crippen molar-refractivity contribution in [2.45, 2.75) is 38.7 Å². The van der Waals surface area contributed by atoms with Gasteiger partial charge in [0.15, 0.2) is 0 Å². The van der Waals surface area contributed by atoms with Crippen LogP contribution in [0.5, 0.6) is 0 Å². The standard InChI is InChI=1S/C25H25F3N6O/c1-32-23-12-19(8-7-17(23)14-29-32)34(25(35)33-9-3-2-4-10-33)15-18-6-5-16(11-20(18)26)21-13-22(24(27)28)31-30-21/h5-8,11-12,14,24H,2-4,9-10,13,15H2,1H3. The molecule has 1 saturated heterocycles. The van der Waals surface area contributed by atoms with Gasteiger partial charge in [-0.3, -0.25) is 9.58 Å². The van der Waals surface area contributed by atoms with Crippen molar-refractivity contribution in [2.24, 2.45) is 17.3 Å². The van der Waals surface area contributed by atoms with Gasteiger partial charge in [0, 0.05) is 48.8 Å². The third-order valence-electron chi connectivity index (χ3n) is 6.52. The number of halogens is 3. The molecule has 0 saturated carbocycles. The van der Waals surface area contributed by atoms with Gasteiger partial charge in [-0.1, -0.05) is 12.1 Å². The second kappa shape index (κ2) is 9.52. The summed E-state index contributed by atoms with van der Waals surface area (Å²) < 4.78 is 42.7. The lowest BCUT2D eigenvalue weighted by Crippen LogP contribution is -2.45. The summed E-state index contributed by atoms with van der Waals surface area (Å²) in [5.74, 6) is -0.534. The van der Waals surface area contributed by atoms with Gasteiger partial charge < -0.3 is 4.90 Å². The fraction of sp³-hybridized carbons (Fsp3) is 0.360. The number of carbonyl (C=O) groups is 1. The number of nitrogens with zero attached hydrogens (tertiary/aromatic N) is 6. The maximum Gasteiger partial charge on any atom is 0.324 e. The van der Waals surface area contributed by atoms with Gasteiger partial charge >= 0.3 is 6.03 Å². The first kappa shape index (κ1) is 23.1. The van der Waals surface area contributed by atoms with Crippen molar-refractivity contribution < 1.29 is 18.0 Å². The Kier molecular flexibility index (Phi) is 6.27. The highest BCUT2D eigenvalue weighted by Crippen LogP contribution is 2.27. The first-order valence-corrected chi connectivity index (χ1v) is 11.6. The molecular formula is C25H25F3N6O. The van der Waals surface area contributed by atoms with E-state index in [0.717, 1.165) is 30.2 Å². The van der Waals surface area contributed by atoms with Gasteiger partial charge in [0.05, 0.1) is 24.0 Å². The average Bonchev–Trinajstić information content (AvgIpc) is 3.51.